The molecule has 0 spiro atoms. The third-order valence-corrected chi connectivity index (χ3v) is 4.29. The van der Waals surface area contributed by atoms with Crippen molar-refractivity contribution >= 4 is 0 Å². The molecule has 0 amide bonds. The van der Waals surface area contributed by atoms with Gasteiger partial charge in [-0.3, -0.25) is 0 Å². The summed E-state index contributed by atoms with van der Waals surface area (Å²) in [5, 5.41) is 3.46. The summed E-state index contributed by atoms with van der Waals surface area (Å²) in [5.74, 6) is 0.920. The second kappa shape index (κ2) is 7.49. The van der Waals surface area contributed by atoms with E-state index in [0.29, 0.717) is 5.41 Å². The second-order valence-corrected chi connectivity index (χ2v) is 7.23. The third-order valence-electron chi connectivity index (χ3n) is 4.29. The lowest BCUT2D eigenvalue weighted by Gasteiger charge is -2.34. The molecule has 0 aromatic carbocycles. The zero-order chi connectivity index (χ0) is 13.6. The molecule has 0 aromatic heterocycles. The molecule has 1 unspecified atom stereocenters. The first kappa shape index (κ1) is 16.0. The number of hydrogen-bond donors (Lipinski definition) is 1. The van der Waals surface area contributed by atoms with Crippen LogP contribution in [0.4, 0.5) is 0 Å². The average molecular weight is 254 g/mol. The molecule has 0 saturated carbocycles. The van der Waals surface area contributed by atoms with Crippen LogP contribution in [0.15, 0.2) is 0 Å². The maximum Gasteiger partial charge on any atom is 0.00671 e. The lowest BCUT2D eigenvalue weighted by Crippen LogP contribution is -2.40. The van der Waals surface area contributed by atoms with E-state index in [0.717, 1.165) is 12.0 Å². The van der Waals surface area contributed by atoms with Crippen molar-refractivity contribution in [2.45, 2.75) is 66.3 Å². The van der Waals surface area contributed by atoms with E-state index in [1.807, 2.05) is 0 Å². The van der Waals surface area contributed by atoms with E-state index in [1.165, 1.54) is 51.9 Å². The number of rotatable bonds is 6. The molecular weight excluding hydrogens is 220 g/mol. The highest BCUT2D eigenvalue weighted by atomic mass is 15.1. The molecule has 1 N–H and O–H groups in total. The number of piperidine rings is 1. The molecule has 1 aliphatic heterocycles. The van der Waals surface area contributed by atoms with Crippen molar-refractivity contribution in [2.24, 2.45) is 11.3 Å². The molecule has 0 radical (unpaired) electrons. The normalized spacial score (nSPS) is 20.3. The molecule has 1 rings (SSSR count). The van der Waals surface area contributed by atoms with Crippen LogP contribution in [-0.4, -0.2) is 37.1 Å². The first-order valence-electron chi connectivity index (χ1n) is 7.87. The van der Waals surface area contributed by atoms with Crippen molar-refractivity contribution < 1.29 is 0 Å². The zero-order valence-corrected chi connectivity index (χ0v) is 13.3. The highest BCUT2D eigenvalue weighted by Gasteiger charge is 2.21. The van der Waals surface area contributed by atoms with Gasteiger partial charge in [-0.05, 0) is 63.6 Å². The van der Waals surface area contributed by atoms with E-state index >= 15 is 0 Å². The van der Waals surface area contributed by atoms with Crippen LogP contribution in [0, 0.1) is 11.3 Å². The van der Waals surface area contributed by atoms with Gasteiger partial charge in [-0.15, -0.1) is 0 Å². The van der Waals surface area contributed by atoms with Gasteiger partial charge in [0.1, 0.15) is 0 Å². The molecule has 2 nitrogen and oxygen atoms in total. The molecule has 1 atom stereocenters. The van der Waals surface area contributed by atoms with Crippen LogP contribution in [0.5, 0.6) is 0 Å². The monoisotopic (exact) mass is 254 g/mol. The number of hydrogen-bond acceptors (Lipinski definition) is 2. The Morgan fingerprint density at radius 1 is 1.22 bits per heavy atom. The van der Waals surface area contributed by atoms with Crippen molar-refractivity contribution in [1.29, 1.82) is 0 Å². The van der Waals surface area contributed by atoms with Crippen molar-refractivity contribution in [3.8, 4) is 0 Å². The topological polar surface area (TPSA) is 15.3 Å². The van der Waals surface area contributed by atoms with Gasteiger partial charge < -0.3 is 10.2 Å². The van der Waals surface area contributed by atoms with E-state index in [4.69, 9.17) is 0 Å². The Hall–Kier alpha value is -0.0800. The lowest BCUT2D eigenvalue weighted by atomic mass is 9.88. The summed E-state index contributed by atoms with van der Waals surface area (Å²) in [6, 6.07) is 0.740. The molecule has 18 heavy (non-hydrogen) atoms. The van der Waals surface area contributed by atoms with Crippen molar-refractivity contribution in [3.05, 3.63) is 0 Å². The van der Waals surface area contributed by atoms with Crippen LogP contribution in [0.25, 0.3) is 0 Å². The summed E-state index contributed by atoms with van der Waals surface area (Å²) in [7, 11) is 0. The Bertz CT molecular complexity index is 214. The smallest absolute Gasteiger partial charge is 0.00671 e. The maximum atomic E-state index is 3.46. The molecule has 1 heterocycles. The highest BCUT2D eigenvalue weighted by Crippen LogP contribution is 2.24. The van der Waals surface area contributed by atoms with Crippen molar-refractivity contribution in [3.63, 3.8) is 0 Å². The van der Waals surface area contributed by atoms with Crippen molar-refractivity contribution in [2.75, 3.05) is 26.2 Å². The van der Waals surface area contributed by atoms with Crippen molar-refractivity contribution in [1.82, 2.24) is 10.2 Å². The zero-order valence-electron chi connectivity index (χ0n) is 13.3. The minimum absolute atomic E-state index is 0.475. The Morgan fingerprint density at radius 3 is 2.33 bits per heavy atom. The molecular formula is C16H34N2. The Morgan fingerprint density at radius 2 is 1.83 bits per heavy atom. The highest BCUT2D eigenvalue weighted by molar-refractivity contribution is 4.76. The van der Waals surface area contributed by atoms with Gasteiger partial charge in [0.25, 0.3) is 0 Å². The van der Waals surface area contributed by atoms with Crippen LogP contribution < -0.4 is 5.32 Å². The van der Waals surface area contributed by atoms with E-state index < -0.39 is 0 Å². The van der Waals surface area contributed by atoms with Crippen LogP contribution in [0.2, 0.25) is 0 Å². The first-order valence-corrected chi connectivity index (χ1v) is 7.87. The minimum atomic E-state index is 0.475. The summed E-state index contributed by atoms with van der Waals surface area (Å²) >= 11 is 0. The van der Waals surface area contributed by atoms with Crippen LogP contribution in [0.3, 0.4) is 0 Å². The van der Waals surface area contributed by atoms with Gasteiger partial charge in [0.15, 0.2) is 0 Å². The molecule has 0 bridgehead atoms. The Kier molecular flexibility index (Phi) is 6.65. The predicted molar refractivity (Wildman–Crippen MR) is 81.0 cm³/mol. The molecule has 108 valence electrons. The second-order valence-electron chi connectivity index (χ2n) is 7.23. The van der Waals surface area contributed by atoms with Gasteiger partial charge in [-0.25, -0.2) is 0 Å². The summed E-state index contributed by atoms with van der Waals surface area (Å²) < 4.78 is 0. The molecule has 0 aromatic rings. The summed E-state index contributed by atoms with van der Waals surface area (Å²) in [4.78, 5) is 2.70. The van der Waals surface area contributed by atoms with Crippen LogP contribution >= 0.6 is 0 Å². The number of nitrogens with one attached hydrogen (secondary N) is 1. The van der Waals surface area contributed by atoms with E-state index in [2.05, 4.69) is 44.8 Å². The van der Waals surface area contributed by atoms with Gasteiger partial charge in [0, 0.05) is 12.6 Å². The summed E-state index contributed by atoms with van der Waals surface area (Å²) in [6.07, 6.45) is 5.39. The van der Waals surface area contributed by atoms with E-state index in [1.54, 1.807) is 0 Å². The SMILES string of the molecule is CCN(CC1CCNCC1)C(C)CCC(C)(C)C. The van der Waals surface area contributed by atoms with Crippen LogP contribution in [-0.2, 0) is 0 Å². The summed E-state index contributed by atoms with van der Waals surface area (Å²) in [6.45, 7) is 16.7. The van der Waals surface area contributed by atoms with Gasteiger partial charge >= 0.3 is 0 Å². The van der Waals surface area contributed by atoms with E-state index in [9.17, 15) is 0 Å². The Labute approximate surface area is 115 Å². The fourth-order valence-electron chi connectivity index (χ4n) is 2.84. The lowest BCUT2D eigenvalue weighted by molar-refractivity contribution is 0.150. The van der Waals surface area contributed by atoms with Gasteiger partial charge in [-0.2, -0.15) is 0 Å². The predicted octanol–water partition coefficient (Wildman–Crippen LogP) is 3.52. The quantitative estimate of drug-likeness (QED) is 0.780. The maximum absolute atomic E-state index is 3.46. The Balaban J connectivity index is 2.34. The van der Waals surface area contributed by atoms with Gasteiger partial charge in [0.2, 0.25) is 0 Å². The third kappa shape index (κ3) is 6.19. The molecule has 1 fully saturated rings. The van der Waals surface area contributed by atoms with Gasteiger partial charge in [-0.1, -0.05) is 27.7 Å². The molecule has 2 heteroatoms. The molecule has 1 saturated heterocycles. The fourth-order valence-corrected chi connectivity index (χ4v) is 2.84. The molecule has 0 aliphatic carbocycles. The number of nitrogens with zero attached hydrogens (tertiary/aromatic N) is 1. The summed E-state index contributed by atoms with van der Waals surface area (Å²) in [5.41, 5.74) is 0.475. The average Bonchev–Trinajstić information content (AvgIpc) is 2.33. The standard InChI is InChI=1S/C16H34N2/c1-6-18(13-15-8-11-17-12-9-15)14(2)7-10-16(3,4)5/h14-15,17H,6-13H2,1-5H3. The van der Waals surface area contributed by atoms with E-state index in [-0.39, 0.29) is 0 Å². The minimum Gasteiger partial charge on any atom is -0.317 e. The molecule has 1 aliphatic rings. The van der Waals surface area contributed by atoms with Gasteiger partial charge in [0.05, 0.1) is 0 Å². The largest absolute Gasteiger partial charge is 0.317 e. The fraction of sp³-hybridized carbons (Fsp3) is 1.00. The van der Waals surface area contributed by atoms with Crippen LogP contribution in [0.1, 0.15) is 60.3 Å². The first-order chi connectivity index (χ1) is 8.42.